The summed E-state index contributed by atoms with van der Waals surface area (Å²) in [5.74, 6) is 3.00. The van der Waals surface area contributed by atoms with Gasteiger partial charge in [0.25, 0.3) is 0 Å². The predicted octanol–water partition coefficient (Wildman–Crippen LogP) is 7.34. The van der Waals surface area contributed by atoms with Crippen LogP contribution in [0.1, 0.15) is 49.7 Å². The van der Waals surface area contributed by atoms with Gasteiger partial charge in [0, 0.05) is 5.02 Å². The van der Waals surface area contributed by atoms with E-state index >= 15 is 0 Å². The molecule has 4 aromatic rings. The Kier molecular flexibility index (Phi) is 6.71. The van der Waals surface area contributed by atoms with E-state index in [9.17, 15) is 0 Å². The van der Waals surface area contributed by atoms with Crippen molar-refractivity contribution >= 4 is 22.6 Å². The molecule has 0 aliphatic rings. The van der Waals surface area contributed by atoms with Gasteiger partial charge in [0.05, 0.1) is 17.6 Å². The lowest BCUT2D eigenvalue weighted by atomic mass is 10.0. The van der Waals surface area contributed by atoms with Crippen molar-refractivity contribution in [2.24, 2.45) is 0 Å². The van der Waals surface area contributed by atoms with E-state index < -0.39 is 0 Å². The first-order valence-corrected chi connectivity index (χ1v) is 11.4. The molecule has 1 atom stereocenters. The van der Waals surface area contributed by atoms with Crippen LogP contribution in [0, 0.1) is 6.92 Å². The number of imidazole rings is 1. The lowest BCUT2D eigenvalue weighted by Crippen LogP contribution is -2.16. The normalized spacial score (nSPS) is 12.3. The van der Waals surface area contributed by atoms with Gasteiger partial charge in [-0.25, -0.2) is 4.98 Å². The maximum atomic E-state index is 6.26. The summed E-state index contributed by atoms with van der Waals surface area (Å²) in [7, 11) is 0. The molecular formula is C27H29ClN2O2. The summed E-state index contributed by atoms with van der Waals surface area (Å²) in [6, 6.07) is 22.0. The summed E-state index contributed by atoms with van der Waals surface area (Å²) >= 11 is 6.01. The number of ether oxygens (including phenoxy) is 2. The van der Waals surface area contributed by atoms with Gasteiger partial charge in [-0.1, -0.05) is 49.7 Å². The predicted molar refractivity (Wildman–Crippen MR) is 131 cm³/mol. The molecule has 4 nitrogen and oxygen atoms in total. The van der Waals surface area contributed by atoms with Crippen LogP contribution in [0.15, 0.2) is 66.7 Å². The van der Waals surface area contributed by atoms with Gasteiger partial charge < -0.3 is 14.0 Å². The Labute approximate surface area is 194 Å². The van der Waals surface area contributed by atoms with Crippen LogP contribution in [-0.4, -0.2) is 16.2 Å². The summed E-state index contributed by atoms with van der Waals surface area (Å²) in [6.45, 7) is 9.71. The molecule has 0 spiro atoms. The van der Waals surface area contributed by atoms with Gasteiger partial charge in [-0.15, -0.1) is 0 Å². The summed E-state index contributed by atoms with van der Waals surface area (Å²) in [5, 5.41) is 0.686. The zero-order valence-electron chi connectivity index (χ0n) is 19.0. The molecular weight excluding hydrogens is 420 g/mol. The highest BCUT2D eigenvalue weighted by atomic mass is 35.5. The molecule has 4 rings (SSSR count). The van der Waals surface area contributed by atoms with Crippen LogP contribution < -0.4 is 9.47 Å². The molecule has 32 heavy (non-hydrogen) atoms. The summed E-state index contributed by atoms with van der Waals surface area (Å²) in [5.41, 5.74) is 4.45. The van der Waals surface area contributed by atoms with Crippen LogP contribution in [0.25, 0.3) is 11.0 Å². The Morgan fingerprint density at radius 1 is 0.969 bits per heavy atom. The highest BCUT2D eigenvalue weighted by molar-refractivity contribution is 6.30. The highest BCUT2D eigenvalue weighted by Crippen LogP contribution is 2.29. The maximum absolute atomic E-state index is 6.26. The summed E-state index contributed by atoms with van der Waals surface area (Å²) < 4.78 is 14.6. The van der Waals surface area contributed by atoms with E-state index in [2.05, 4.69) is 49.6 Å². The molecule has 0 aliphatic carbocycles. The Bertz CT molecular complexity index is 1200. The number of aryl methyl sites for hydroxylation is 1. The fourth-order valence-electron chi connectivity index (χ4n) is 3.90. The molecule has 0 bridgehead atoms. The Morgan fingerprint density at radius 2 is 1.72 bits per heavy atom. The molecule has 0 fully saturated rings. The van der Waals surface area contributed by atoms with Gasteiger partial charge in [0.1, 0.15) is 18.1 Å². The Morgan fingerprint density at radius 3 is 2.47 bits per heavy atom. The minimum Gasteiger partial charge on any atom is -0.491 e. The van der Waals surface area contributed by atoms with Gasteiger partial charge in [0.15, 0.2) is 11.9 Å². The topological polar surface area (TPSA) is 36.3 Å². The van der Waals surface area contributed by atoms with Crippen molar-refractivity contribution in [2.75, 3.05) is 6.61 Å². The fourth-order valence-corrected chi connectivity index (χ4v) is 4.03. The fraction of sp³-hybridized carbons (Fsp3) is 0.296. The minimum absolute atomic E-state index is 0.228. The average molecular weight is 449 g/mol. The van der Waals surface area contributed by atoms with Gasteiger partial charge in [0.2, 0.25) is 0 Å². The number of rotatable bonds is 8. The van der Waals surface area contributed by atoms with Crippen LogP contribution in [0.2, 0.25) is 5.02 Å². The van der Waals surface area contributed by atoms with Crippen molar-refractivity contribution in [1.29, 1.82) is 0 Å². The summed E-state index contributed by atoms with van der Waals surface area (Å²) in [4.78, 5) is 4.87. The number of benzene rings is 3. The van der Waals surface area contributed by atoms with E-state index in [0.717, 1.165) is 28.4 Å². The van der Waals surface area contributed by atoms with Crippen molar-refractivity contribution in [3.05, 3.63) is 88.7 Å². The van der Waals surface area contributed by atoms with E-state index in [-0.39, 0.29) is 6.10 Å². The second-order valence-corrected chi connectivity index (χ2v) is 8.81. The van der Waals surface area contributed by atoms with E-state index in [1.807, 2.05) is 49.4 Å². The number of aromatic nitrogens is 2. The monoisotopic (exact) mass is 448 g/mol. The Balaban J connectivity index is 1.57. The standard InChI is InChI=1S/C27H29ClN2O2/c1-18(2)23-14-9-19(3)17-26(23)31-16-15-30-25-8-6-5-7-24(25)29-27(30)20(4)32-22-12-10-21(28)11-13-22/h5-14,17-18,20H,15-16H2,1-4H3. The number of halogens is 1. The van der Waals surface area contributed by atoms with Crippen LogP contribution in [0.5, 0.6) is 11.5 Å². The first-order valence-electron chi connectivity index (χ1n) is 11.0. The van der Waals surface area contributed by atoms with Crippen LogP contribution in [0.3, 0.4) is 0 Å². The molecule has 1 unspecified atom stereocenters. The summed E-state index contributed by atoms with van der Waals surface area (Å²) in [6.07, 6.45) is -0.228. The number of hydrogen-bond acceptors (Lipinski definition) is 3. The van der Waals surface area contributed by atoms with E-state index in [0.29, 0.717) is 24.1 Å². The van der Waals surface area contributed by atoms with Crippen LogP contribution in [-0.2, 0) is 6.54 Å². The second-order valence-electron chi connectivity index (χ2n) is 8.37. The molecule has 3 aromatic carbocycles. The molecule has 0 N–H and O–H groups in total. The smallest absolute Gasteiger partial charge is 0.153 e. The molecule has 1 heterocycles. The molecule has 0 amide bonds. The van der Waals surface area contributed by atoms with Crippen LogP contribution >= 0.6 is 11.6 Å². The van der Waals surface area contributed by atoms with Crippen molar-refractivity contribution in [3.63, 3.8) is 0 Å². The molecule has 5 heteroatoms. The van der Waals surface area contributed by atoms with E-state index in [1.54, 1.807) is 0 Å². The zero-order chi connectivity index (χ0) is 22.7. The molecule has 1 aromatic heterocycles. The second kappa shape index (κ2) is 9.66. The van der Waals surface area contributed by atoms with E-state index in [1.165, 1.54) is 11.1 Å². The molecule has 0 radical (unpaired) electrons. The van der Waals surface area contributed by atoms with Crippen molar-refractivity contribution in [1.82, 2.24) is 9.55 Å². The molecule has 0 saturated carbocycles. The molecule has 0 saturated heterocycles. The third-order valence-corrected chi connectivity index (χ3v) is 5.79. The van der Waals surface area contributed by atoms with Crippen molar-refractivity contribution in [2.45, 2.75) is 46.3 Å². The largest absolute Gasteiger partial charge is 0.491 e. The third-order valence-electron chi connectivity index (χ3n) is 5.54. The minimum atomic E-state index is -0.228. The van der Waals surface area contributed by atoms with E-state index in [4.69, 9.17) is 26.1 Å². The highest BCUT2D eigenvalue weighted by Gasteiger charge is 2.18. The first-order chi connectivity index (χ1) is 15.4. The molecule has 166 valence electrons. The number of para-hydroxylation sites is 2. The van der Waals surface area contributed by atoms with Gasteiger partial charge >= 0.3 is 0 Å². The van der Waals surface area contributed by atoms with Gasteiger partial charge in [-0.05, 0) is 73.4 Å². The quantitative estimate of drug-likeness (QED) is 0.283. The zero-order valence-corrected chi connectivity index (χ0v) is 19.8. The maximum Gasteiger partial charge on any atom is 0.153 e. The van der Waals surface area contributed by atoms with Crippen molar-refractivity contribution in [3.8, 4) is 11.5 Å². The molecule has 0 aliphatic heterocycles. The average Bonchev–Trinajstić information content (AvgIpc) is 3.14. The van der Waals surface area contributed by atoms with Gasteiger partial charge in [-0.3, -0.25) is 0 Å². The number of hydrogen-bond donors (Lipinski definition) is 0. The third kappa shape index (κ3) is 4.91. The number of fused-ring (bicyclic) bond motifs is 1. The van der Waals surface area contributed by atoms with Crippen LogP contribution in [0.4, 0.5) is 0 Å². The Hall–Kier alpha value is -2.98. The SMILES string of the molecule is Cc1ccc(C(C)C)c(OCCn2c(C(C)Oc3ccc(Cl)cc3)nc3ccccc32)c1. The van der Waals surface area contributed by atoms with Crippen molar-refractivity contribution < 1.29 is 9.47 Å². The first kappa shape index (κ1) is 22.2. The number of nitrogens with zero attached hydrogens (tertiary/aromatic N) is 2. The lowest BCUT2D eigenvalue weighted by Gasteiger charge is -2.18. The lowest BCUT2D eigenvalue weighted by molar-refractivity contribution is 0.207. The van der Waals surface area contributed by atoms with Gasteiger partial charge in [-0.2, -0.15) is 0 Å².